The maximum Gasteiger partial charge on any atom is 0.326 e. The van der Waals surface area contributed by atoms with Gasteiger partial charge in [-0.05, 0) is 45.0 Å². The number of hydrogen-bond donors (Lipinski definition) is 0. The van der Waals surface area contributed by atoms with E-state index in [2.05, 4.69) is 4.99 Å². The van der Waals surface area contributed by atoms with Gasteiger partial charge in [0.2, 0.25) is 16.8 Å². The van der Waals surface area contributed by atoms with Crippen LogP contribution >= 0.6 is 11.3 Å². The summed E-state index contributed by atoms with van der Waals surface area (Å²) in [6.45, 7) is 6.07. The van der Waals surface area contributed by atoms with Gasteiger partial charge in [0, 0.05) is 30.8 Å². The standard InChI is InChI=1S/C25H27N3O8S2/c1-4-33-23(29)13-28-19-9-20-21(35-14-34-20)10-22(19)37-25(28)26-24(30)17-5-7-18(8-6-17)38(31,32)27-11-15(2)36-16(3)12-27/h5-10,15-16H,4,11-14H2,1-3H3. The van der Waals surface area contributed by atoms with Gasteiger partial charge in [-0.25, -0.2) is 8.42 Å². The van der Waals surface area contributed by atoms with Crippen LogP contribution in [0.3, 0.4) is 0 Å². The largest absolute Gasteiger partial charge is 0.465 e. The fraction of sp³-hybridized carbons (Fsp3) is 0.400. The number of nitrogens with zero attached hydrogens (tertiary/aromatic N) is 3. The molecule has 13 heteroatoms. The molecule has 1 fully saturated rings. The average molecular weight is 562 g/mol. The third-order valence-electron chi connectivity index (χ3n) is 6.09. The van der Waals surface area contributed by atoms with E-state index in [-0.39, 0.29) is 60.5 Å². The van der Waals surface area contributed by atoms with Crippen LogP contribution in [0.25, 0.3) is 10.2 Å². The minimum atomic E-state index is -3.74. The van der Waals surface area contributed by atoms with Crippen molar-refractivity contribution in [3.05, 3.63) is 46.8 Å². The number of amides is 1. The quantitative estimate of drug-likeness (QED) is 0.421. The highest BCUT2D eigenvalue weighted by molar-refractivity contribution is 7.89. The van der Waals surface area contributed by atoms with Crippen LogP contribution in [0.5, 0.6) is 11.5 Å². The molecule has 0 radical (unpaired) electrons. The van der Waals surface area contributed by atoms with Gasteiger partial charge < -0.3 is 23.5 Å². The lowest BCUT2D eigenvalue weighted by molar-refractivity contribution is -0.143. The number of morpholine rings is 1. The summed E-state index contributed by atoms with van der Waals surface area (Å²) in [6.07, 6.45) is -0.426. The third-order valence-corrected chi connectivity index (χ3v) is 8.98. The minimum Gasteiger partial charge on any atom is -0.465 e. The molecule has 2 atom stereocenters. The third kappa shape index (κ3) is 5.19. The Kier molecular flexibility index (Phi) is 7.27. The zero-order valence-corrected chi connectivity index (χ0v) is 22.7. The van der Waals surface area contributed by atoms with Crippen LogP contribution in [-0.2, 0) is 30.8 Å². The molecule has 3 heterocycles. The van der Waals surface area contributed by atoms with E-state index in [1.807, 2.05) is 13.8 Å². The van der Waals surface area contributed by atoms with Gasteiger partial charge in [0.25, 0.3) is 5.91 Å². The van der Waals surface area contributed by atoms with Crippen LogP contribution in [-0.4, -0.2) is 67.9 Å². The summed E-state index contributed by atoms with van der Waals surface area (Å²) in [5.41, 5.74) is 0.858. The van der Waals surface area contributed by atoms with Crippen molar-refractivity contribution in [2.24, 2.45) is 4.99 Å². The highest BCUT2D eigenvalue weighted by Gasteiger charge is 2.32. The molecule has 1 amide bonds. The van der Waals surface area contributed by atoms with E-state index in [0.29, 0.717) is 17.0 Å². The normalized spacial score (nSPS) is 20.1. The fourth-order valence-electron chi connectivity index (χ4n) is 4.43. The number of hydrogen-bond acceptors (Lipinski definition) is 9. The number of carbonyl (C=O) groups excluding carboxylic acids is 2. The van der Waals surface area contributed by atoms with Crippen LogP contribution in [0.1, 0.15) is 31.1 Å². The maximum absolute atomic E-state index is 13.1. The monoisotopic (exact) mass is 561 g/mol. The van der Waals surface area contributed by atoms with Gasteiger partial charge >= 0.3 is 5.97 Å². The van der Waals surface area contributed by atoms with Crippen LogP contribution in [0.15, 0.2) is 46.3 Å². The molecule has 2 aliphatic heterocycles. The van der Waals surface area contributed by atoms with E-state index in [9.17, 15) is 18.0 Å². The molecule has 2 aliphatic rings. The summed E-state index contributed by atoms with van der Waals surface area (Å²) in [7, 11) is -3.74. The Morgan fingerprint density at radius 2 is 1.74 bits per heavy atom. The molecular formula is C25H27N3O8S2. The van der Waals surface area contributed by atoms with Crippen molar-refractivity contribution in [3.63, 3.8) is 0 Å². The lowest BCUT2D eigenvalue weighted by atomic mass is 10.2. The number of carbonyl (C=O) groups is 2. The number of benzene rings is 2. The molecule has 1 saturated heterocycles. The van der Waals surface area contributed by atoms with Gasteiger partial charge in [-0.2, -0.15) is 9.30 Å². The Balaban J connectivity index is 1.46. The van der Waals surface area contributed by atoms with Crippen LogP contribution < -0.4 is 14.3 Å². The zero-order valence-electron chi connectivity index (χ0n) is 21.1. The molecule has 0 saturated carbocycles. The van der Waals surface area contributed by atoms with E-state index in [4.69, 9.17) is 18.9 Å². The smallest absolute Gasteiger partial charge is 0.326 e. The van der Waals surface area contributed by atoms with Gasteiger partial charge in [-0.1, -0.05) is 11.3 Å². The van der Waals surface area contributed by atoms with Gasteiger partial charge in [-0.3, -0.25) is 9.59 Å². The first-order valence-corrected chi connectivity index (χ1v) is 14.3. The first kappa shape index (κ1) is 26.4. The first-order chi connectivity index (χ1) is 18.2. The summed E-state index contributed by atoms with van der Waals surface area (Å²) < 4.78 is 51.7. The Morgan fingerprint density at radius 3 is 2.39 bits per heavy atom. The molecule has 0 spiro atoms. The molecule has 11 nitrogen and oxygen atoms in total. The molecule has 0 bridgehead atoms. The van der Waals surface area contributed by atoms with Crippen LogP contribution in [0.4, 0.5) is 0 Å². The molecule has 0 N–H and O–H groups in total. The topological polar surface area (TPSA) is 126 Å². The van der Waals surface area contributed by atoms with Gasteiger partial charge in [-0.15, -0.1) is 0 Å². The van der Waals surface area contributed by atoms with Crippen LogP contribution in [0.2, 0.25) is 0 Å². The van der Waals surface area contributed by atoms with Crippen molar-refractivity contribution in [3.8, 4) is 11.5 Å². The predicted molar refractivity (Wildman–Crippen MR) is 138 cm³/mol. The minimum absolute atomic E-state index is 0.0871. The number of sulfonamides is 1. The highest BCUT2D eigenvalue weighted by Crippen LogP contribution is 2.37. The van der Waals surface area contributed by atoms with E-state index in [1.165, 1.54) is 39.9 Å². The molecule has 2 unspecified atom stereocenters. The van der Waals surface area contributed by atoms with Crippen LogP contribution in [0, 0.1) is 0 Å². The van der Waals surface area contributed by atoms with Gasteiger partial charge in [0.05, 0.1) is 33.9 Å². The fourth-order valence-corrected chi connectivity index (χ4v) is 7.06. The van der Waals surface area contributed by atoms with Crippen molar-refractivity contribution in [1.82, 2.24) is 8.87 Å². The van der Waals surface area contributed by atoms with E-state index >= 15 is 0 Å². The van der Waals surface area contributed by atoms with Crippen molar-refractivity contribution in [1.29, 1.82) is 0 Å². The van der Waals surface area contributed by atoms with Crippen molar-refractivity contribution in [2.45, 2.75) is 44.4 Å². The SMILES string of the molecule is CCOC(=O)Cn1c(=NC(=O)c2ccc(S(=O)(=O)N3CC(C)OC(C)C3)cc2)sc2cc3c(cc21)OCO3. The van der Waals surface area contributed by atoms with E-state index in [1.54, 1.807) is 23.6 Å². The molecule has 202 valence electrons. The maximum atomic E-state index is 13.1. The average Bonchev–Trinajstić information content (AvgIpc) is 3.46. The Labute approximate surface area is 223 Å². The predicted octanol–water partition coefficient (Wildman–Crippen LogP) is 2.53. The van der Waals surface area contributed by atoms with Crippen molar-refractivity contribution >= 4 is 43.5 Å². The number of rotatable bonds is 6. The number of esters is 1. The lowest BCUT2D eigenvalue weighted by Crippen LogP contribution is -2.48. The summed E-state index contributed by atoms with van der Waals surface area (Å²) in [6, 6.07) is 9.19. The molecule has 2 aromatic carbocycles. The molecule has 1 aromatic heterocycles. The van der Waals surface area contributed by atoms with E-state index in [0.717, 1.165) is 4.70 Å². The van der Waals surface area contributed by atoms with Crippen molar-refractivity contribution < 1.29 is 37.0 Å². The number of fused-ring (bicyclic) bond motifs is 2. The lowest BCUT2D eigenvalue weighted by Gasteiger charge is -2.34. The zero-order chi connectivity index (χ0) is 27.0. The number of aromatic nitrogens is 1. The Bertz CT molecular complexity index is 1550. The second kappa shape index (κ2) is 10.5. The molecular weight excluding hydrogens is 534 g/mol. The summed E-state index contributed by atoms with van der Waals surface area (Å²) >= 11 is 1.22. The number of thiazole rings is 1. The van der Waals surface area contributed by atoms with Crippen molar-refractivity contribution in [2.75, 3.05) is 26.5 Å². The summed E-state index contributed by atoms with van der Waals surface area (Å²) in [5.74, 6) is 0.0549. The molecule has 5 rings (SSSR count). The molecule has 38 heavy (non-hydrogen) atoms. The highest BCUT2D eigenvalue weighted by atomic mass is 32.2. The second-order valence-corrected chi connectivity index (χ2v) is 11.9. The number of ether oxygens (including phenoxy) is 4. The Morgan fingerprint density at radius 1 is 1.08 bits per heavy atom. The Hall–Kier alpha value is -3.26. The summed E-state index contributed by atoms with van der Waals surface area (Å²) in [4.78, 5) is 30.0. The first-order valence-electron chi connectivity index (χ1n) is 12.1. The van der Waals surface area contributed by atoms with Gasteiger partial charge in [0.15, 0.2) is 16.3 Å². The molecule has 0 aliphatic carbocycles. The molecule has 3 aromatic rings. The van der Waals surface area contributed by atoms with Gasteiger partial charge in [0.1, 0.15) is 6.54 Å². The second-order valence-electron chi connectivity index (χ2n) is 8.97. The van der Waals surface area contributed by atoms with E-state index < -0.39 is 21.9 Å². The summed E-state index contributed by atoms with van der Waals surface area (Å²) in [5, 5.41) is 0.